The third-order valence-corrected chi connectivity index (χ3v) is 4.43. The lowest BCUT2D eigenvalue weighted by Gasteiger charge is -2.45. The molecule has 0 spiro atoms. The largest absolute Gasteiger partial charge is 0.258 e. The minimum atomic E-state index is -1.36. The van der Waals surface area contributed by atoms with E-state index in [0.717, 1.165) is 0 Å². The highest BCUT2D eigenvalue weighted by molar-refractivity contribution is 8.35. The lowest BCUT2D eigenvalue weighted by molar-refractivity contribution is 0.501. The minimum absolute atomic E-state index is 0.0377. The van der Waals surface area contributed by atoms with Crippen LogP contribution in [0, 0.1) is 0 Å². The van der Waals surface area contributed by atoms with E-state index in [-0.39, 0.29) is 11.1 Å². The van der Waals surface area contributed by atoms with Crippen LogP contribution in [0.25, 0.3) is 0 Å². The molecule has 0 atom stereocenters. The average Bonchev–Trinajstić information content (AvgIpc) is 1.98. The van der Waals surface area contributed by atoms with Gasteiger partial charge in [-0.05, 0) is 52.4 Å². The monoisotopic (exact) mass is 230 g/mol. The van der Waals surface area contributed by atoms with Crippen molar-refractivity contribution in [3.63, 3.8) is 0 Å². The maximum atomic E-state index is 3.91. The van der Waals surface area contributed by atoms with E-state index in [1.54, 1.807) is 0 Å². The fraction of sp³-hybridized carbons (Fsp3) is 0.667. The van der Waals surface area contributed by atoms with Crippen molar-refractivity contribution in [1.29, 1.82) is 0 Å². The highest BCUT2D eigenvalue weighted by Crippen LogP contribution is 2.45. The van der Waals surface area contributed by atoms with Crippen molar-refractivity contribution < 1.29 is 0 Å². The molecule has 0 heterocycles. The predicted octanol–water partition coefficient (Wildman–Crippen LogP) is 3.68. The fourth-order valence-corrected chi connectivity index (χ4v) is 3.82. The van der Waals surface area contributed by atoms with Crippen LogP contribution in [-0.4, -0.2) is 11.1 Å². The molecule has 0 radical (unpaired) electrons. The van der Waals surface area contributed by atoms with Gasteiger partial charge in [0.25, 0.3) is 0 Å². The molecule has 3 heteroatoms. The van der Waals surface area contributed by atoms with Gasteiger partial charge in [-0.15, -0.1) is 0 Å². The van der Waals surface area contributed by atoms with Crippen molar-refractivity contribution in [2.45, 2.75) is 52.6 Å². The van der Waals surface area contributed by atoms with Crippen LogP contribution >= 0.6 is 10.4 Å². The Bertz CT molecular complexity index is 207. The molecule has 2 nitrogen and oxygen atoms in total. The van der Waals surface area contributed by atoms with E-state index in [4.69, 9.17) is 0 Å². The zero-order valence-electron chi connectivity index (χ0n) is 11.0. The molecular weight excluding hydrogens is 204 g/mol. The van der Waals surface area contributed by atoms with Crippen LogP contribution in [0.3, 0.4) is 0 Å². The van der Waals surface area contributed by atoms with Crippen LogP contribution in [0.2, 0.25) is 0 Å². The van der Waals surface area contributed by atoms with Gasteiger partial charge in [0.2, 0.25) is 0 Å². The van der Waals surface area contributed by atoms with Gasteiger partial charge in [-0.3, -0.25) is 9.44 Å². The van der Waals surface area contributed by atoms with Crippen molar-refractivity contribution in [3.8, 4) is 0 Å². The Morgan fingerprint density at radius 2 is 1.07 bits per heavy atom. The summed E-state index contributed by atoms with van der Waals surface area (Å²) in [6.07, 6.45) is 0. The number of hydrogen-bond donors (Lipinski definition) is 2. The zero-order valence-corrected chi connectivity index (χ0v) is 11.8. The van der Waals surface area contributed by atoms with Gasteiger partial charge in [-0.1, -0.05) is 23.6 Å². The molecule has 0 aliphatic carbocycles. The molecule has 0 bridgehead atoms. The SMILES string of the molecule is C=CS(C=C)(NC(C)(C)C)NC(C)(C)C. The first kappa shape index (κ1) is 14.8. The van der Waals surface area contributed by atoms with E-state index in [1.165, 1.54) is 0 Å². The summed E-state index contributed by atoms with van der Waals surface area (Å²) in [5.74, 6) is 0. The van der Waals surface area contributed by atoms with E-state index in [2.05, 4.69) is 64.1 Å². The van der Waals surface area contributed by atoms with Crippen LogP contribution < -0.4 is 9.44 Å². The van der Waals surface area contributed by atoms with E-state index in [9.17, 15) is 0 Å². The summed E-state index contributed by atoms with van der Waals surface area (Å²) in [5.41, 5.74) is 0.0753. The van der Waals surface area contributed by atoms with Crippen LogP contribution in [0.15, 0.2) is 24.0 Å². The van der Waals surface area contributed by atoms with Crippen LogP contribution in [0.4, 0.5) is 0 Å². The van der Waals surface area contributed by atoms with E-state index >= 15 is 0 Å². The van der Waals surface area contributed by atoms with E-state index in [1.807, 2.05) is 10.8 Å². The molecule has 0 aliphatic rings. The highest BCUT2D eigenvalue weighted by Gasteiger charge is 2.27. The maximum absolute atomic E-state index is 3.91. The quantitative estimate of drug-likeness (QED) is 0.770. The lowest BCUT2D eigenvalue weighted by Crippen LogP contribution is -2.47. The molecule has 0 fully saturated rings. The Balaban J connectivity index is 4.90. The smallest absolute Gasteiger partial charge is 0.0200 e. The Hall–Kier alpha value is -0.250. The predicted molar refractivity (Wildman–Crippen MR) is 73.8 cm³/mol. The first-order chi connectivity index (χ1) is 6.54. The van der Waals surface area contributed by atoms with Gasteiger partial charge in [0.15, 0.2) is 0 Å². The first-order valence-electron chi connectivity index (χ1n) is 5.20. The minimum Gasteiger partial charge on any atom is -0.258 e. The van der Waals surface area contributed by atoms with Crippen molar-refractivity contribution in [3.05, 3.63) is 24.0 Å². The van der Waals surface area contributed by atoms with Gasteiger partial charge in [-0.2, -0.15) is 0 Å². The third kappa shape index (κ3) is 6.03. The number of nitrogens with one attached hydrogen (secondary N) is 2. The molecule has 0 unspecified atom stereocenters. The summed E-state index contributed by atoms with van der Waals surface area (Å²) in [5, 5.41) is 3.88. The molecular formula is C12H26N2S. The molecule has 0 amide bonds. The summed E-state index contributed by atoms with van der Waals surface area (Å²) in [6, 6.07) is 0. The molecule has 0 aromatic carbocycles. The highest BCUT2D eigenvalue weighted by atomic mass is 32.3. The standard InChI is InChI=1S/C12H26N2S/c1-9-15(10-2,13-11(3,4)5)14-12(6,7)8/h9-10,13-14H,1-2H2,3-8H3. The second kappa shape index (κ2) is 4.73. The maximum Gasteiger partial charge on any atom is 0.0200 e. The van der Waals surface area contributed by atoms with Crippen LogP contribution in [0.5, 0.6) is 0 Å². The summed E-state index contributed by atoms with van der Waals surface area (Å²) in [6.45, 7) is 20.7. The van der Waals surface area contributed by atoms with Gasteiger partial charge in [0.05, 0.1) is 0 Å². The summed E-state index contributed by atoms with van der Waals surface area (Å²) in [7, 11) is -1.36. The van der Waals surface area contributed by atoms with E-state index < -0.39 is 10.4 Å². The van der Waals surface area contributed by atoms with Gasteiger partial charge >= 0.3 is 0 Å². The molecule has 0 aromatic heterocycles. The van der Waals surface area contributed by atoms with E-state index in [0.29, 0.717) is 0 Å². The summed E-state index contributed by atoms with van der Waals surface area (Å²) >= 11 is 0. The first-order valence-corrected chi connectivity index (χ1v) is 6.96. The molecule has 2 N–H and O–H groups in total. The molecule has 0 saturated carbocycles. The molecule has 0 saturated heterocycles. The van der Waals surface area contributed by atoms with Crippen LogP contribution in [-0.2, 0) is 0 Å². The molecule has 0 aliphatic heterocycles. The van der Waals surface area contributed by atoms with Crippen molar-refractivity contribution >= 4 is 10.4 Å². The zero-order chi connectivity index (χ0) is 12.3. The second-order valence-electron chi connectivity index (χ2n) is 5.75. The van der Waals surface area contributed by atoms with Crippen molar-refractivity contribution in [1.82, 2.24) is 9.44 Å². The van der Waals surface area contributed by atoms with Gasteiger partial charge in [0.1, 0.15) is 0 Å². The Morgan fingerprint density at radius 3 is 1.20 bits per heavy atom. The van der Waals surface area contributed by atoms with Crippen molar-refractivity contribution in [2.75, 3.05) is 0 Å². The second-order valence-corrected chi connectivity index (χ2v) is 8.24. The Morgan fingerprint density at radius 1 is 0.800 bits per heavy atom. The molecule has 0 rings (SSSR count). The van der Waals surface area contributed by atoms with Gasteiger partial charge < -0.3 is 0 Å². The summed E-state index contributed by atoms with van der Waals surface area (Å²) < 4.78 is 7.12. The lowest BCUT2D eigenvalue weighted by atomic mass is 10.1. The van der Waals surface area contributed by atoms with Crippen molar-refractivity contribution in [2.24, 2.45) is 0 Å². The Kier molecular flexibility index (Phi) is 4.65. The van der Waals surface area contributed by atoms with Gasteiger partial charge in [0, 0.05) is 11.1 Å². The van der Waals surface area contributed by atoms with Gasteiger partial charge in [-0.25, -0.2) is 0 Å². The fourth-order valence-electron chi connectivity index (χ4n) is 1.27. The Labute approximate surface area is 96.8 Å². The molecule has 90 valence electrons. The number of rotatable bonds is 4. The number of hydrogen-bond acceptors (Lipinski definition) is 2. The third-order valence-electron chi connectivity index (χ3n) is 1.48. The van der Waals surface area contributed by atoms with Crippen LogP contribution in [0.1, 0.15) is 41.5 Å². The normalized spacial score (nSPS) is 14.8. The molecule has 0 aromatic rings. The average molecular weight is 230 g/mol. The topological polar surface area (TPSA) is 24.1 Å². The molecule has 15 heavy (non-hydrogen) atoms. The summed E-state index contributed by atoms with van der Waals surface area (Å²) in [4.78, 5) is 0.